The van der Waals surface area contributed by atoms with Crippen LogP contribution in [0.5, 0.6) is 0 Å². The summed E-state index contributed by atoms with van der Waals surface area (Å²) in [5.41, 5.74) is 1.18. The number of nitrogens with one attached hydrogen (secondary N) is 1. The molecule has 0 saturated heterocycles. The van der Waals surface area contributed by atoms with E-state index in [1.807, 2.05) is 44.2 Å². The van der Waals surface area contributed by atoms with Crippen molar-refractivity contribution in [2.45, 2.75) is 25.8 Å². The zero-order chi connectivity index (χ0) is 14.6. The number of halogens is 1. The largest absolute Gasteiger partial charge is 0.343 e. The van der Waals surface area contributed by atoms with Crippen molar-refractivity contribution in [2.75, 3.05) is 0 Å². The molecule has 1 aromatic heterocycles. The van der Waals surface area contributed by atoms with Crippen LogP contribution in [0, 0.1) is 0 Å². The van der Waals surface area contributed by atoms with Crippen molar-refractivity contribution in [3.63, 3.8) is 0 Å². The zero-order valence-electron chi connectivity index (χ0n) is 11.6. The first kappa shape index (κ1) is 14.5. The molecule has 1 aromatic carbocycles. The highest BCUT2D eigenvalue weighted by molar-refractivity contribution is 6.29. The summed E-state index contributed by atoms with van der Waals surface area (Å²) in [6.45, 7) is 4.07. The van der Waals surface area contributed by atoms with Crippen molar-refractivity contribution in [1.82, 2.24) is 10.3 Å². The molecule has 3 nitrogen and oxygen atoms in total. The van der Waals surface area contributed by atoms with Crippen LogP contribution < -0.4 is 5.32 Å². The van der Waals surface area contributed by atoms with E-state index in [9.17, 15) is 4.79 Å². The zero-order valence-corrected chi connectivity index (χ0v) is 12.3. The van der Waals surface area contributed by atoms with E-state index < -0.39 is 5.54 Å². The smallest absolute Gasteiger partial charge is 0.253 e. The minimum absolute atomic E-state index is 0.151. The Morgan fingerprint density at radius 3 is 2.50 bits per heavy atom. The van der Waals surface area contributed by atoms with Gasteiger partial charge >= 0.3 is 0 Å². The van der Waals surface area contributed by atoms with Crippen molar-refractivity contribution < 1.29 is 4.79 Å². The molecule has 0 saturated carbocycles. The third-order valence-electron chi connectivity index (χ3n) is 3.50. The molecule has 0 radical (unpaired) electrons. The molecule has 0 aliphatic rings. The SMILES string of the molecule is CCC(C)(NC(=O)c1ccc(Cl)nc1)c1ccccc1. The van der Waals surface area contributed by atoms with Crippen LogP contribution in [-0.4, -0.2) is 10.9 Å². The van der Waals surface area contributed by atoms with Gasteiger partial charge in [-0.15, -0.1) is 0 Å². The maximum Gasteiger partial charge on any atom is 0.253 e. The van der Waals surface area contributed by atoms with E-state index in [1.165, 1.54) is 6.20 Å². The molecule has 0 aliphatic carbocycles. The van der Waals surface area contributed by atoms with Gasteiger partial charge in [0.05, 0.1) is 11.1 Å². The number of hydrogen-bond donors (Lipinski definition) is 1. The normalized spacial score (nSPS) is 13.6. The second-order valence-corrected chi connectivity index (χ2v) is 5.26. The number of carbonyl (C=O) groups is 1. The lowest BCUT2D eigenvalue weighted by molar-refractivity contribution is 0.0901. The third kappa shape index (κ3) is 3.17. The lowest BCUT2D eigenvalue weighted by Gasteiger charge is -2.30. The molecule has 1 amide bonds. The molecule has 0 fully saturated rings. The summed E-state index contributed by atoms with van der Waals surface area (Å²) in [4.78, 5) is 16.2. The molecule has 2 aromatic rings. The summed E-state index contributed by atoms with van der Waals surface area (Å²) in [5.74, 6) is -0.151. The first-order chi connectivity index (χ1) is 9.55. The van der Waals surface area contributed by atoms with Crippen LogP contribution >= 0.6 is 11.6 Å². The molecule has 0 aliphatic heterocycles. The molecule has 1 unspecified atom stereocenters. The molecule has 20 heavy (non-hydrogen) atoms. The summed E-state index contributed by atoms with van der Waals surface area (Å²) in [6, 6.07) is 13.2. The Morgan fingerprint density at radius 1 is 1.25 bits per heavy atom. The minimum atomic E-state index is -0.405. The van der Waals surface area contributed by atoms with Crippen LogP contribution in [0.25, 0.3) is 0 Å². The van der Waals surface area contributed by atoms with Gasteiger partial charge in [-0.3, -0.25) is 4.79 Å². The summed E-state index contributed by atoms with van der Waals surface area (Å²) in [6.07, 6.45) is 2.28. The number of hydrogen-bond acceptors (Lipinski definition) is 2. The molecule has 0 spiro atoms. The van der Waals surface area contributed by atoms with Crippen molar-refractivity contribution in [3.05, 3.63) is 64.9 Å². The molecular weight excluding hydrogens is 272 g/mol. The van der Waals surface area contributed by atoms with Gasteiger partial charge in [0.25, 0.3) is 5.91 Å². The molecule has 104 valence electrons. The van der Waals surface area contributed by atoms with Crippen LogP contribution in [-0.2, 0) is 5.54 Å². The maximum absolute atomic E-state index is 12.3. The second kappa shape index (κ2) is 6.06. The Kier molecular flexibility index (Phi) is 4.40. The van der Waals surface area contributed by atoms with Gasteiger partial charge in [0, 0.05) is 6.20 Å². The van der Waals surface area contributed by atoms with Gasteiger partial charge < -0.3 is 5.32 Å². The highest BCUT2D eigenvalue weighted by Crippen LogP contribution is 2.24. The van der Waals surface area contributed by atoms with Crippen LogP contribution in [0.15, 0.2) is 48.7 Å². The highest BCUT2D eigenvalue weighted by Gasteiger charge is 2.26. The lowest BCUT2D eigenvalue weighted by atomic mass is 9.89. The van der Waals surface area contributed by atoms with E-state index >= 15 is 0 Å². The molecule has 1 atom stereocenters. The average molecular weight is 289 g/mol. The number of rotatable bonds is 4. The van der Waals surface area contributed by atoms with Gasteiger partial charge in [-0.2, -0.15) is 0 Å². The van der Waals surface area contributed by atoms with E-state index in [2.05, 4.69) is 10.3 Å². The van der Waals surface area contributed by atoms with E-state index in [4.69, 9.17) is 11.6 Å². The first-order valence-corrected chi connectivity index (χ1v) is 6.92. The Balaban J connectivity index is 2.22. The second-order valence-electron chi connectivity index (χ2n) is 4.88. The summed E-state index contributed by atoms with van der Waals surface area (Å²) < 4.78 is 0. The maximum atomic E-state index is 12.3. The van der Waals surface area contributed by atoms with Crippen LogP contribution in [0.4, 0.5) is 0 Å². The fourth-order valence-corrected chi connectivity index (χ4v) is 2.12. The Morgan fingerprint density at radius 2 is 1.95 bits per heavy atom. The number of benzene rings is 1. The monoisotopic (exact) mass is 288 g/mol. The van der Waals surface area contributed by atoms with Gasteiger partial charge in [-0.25, -0.2) is 4.98 Å². The fraction of sp³-hybridized carbons (Fsp3) is 0.250. The van der Waals surface area contributed by atoms with Crippen molar-refractivity contribution in [1.29, 1.82) is 0 Å². The molecule has 4 heteroatoms. The first-order valence-electron chi connectivity index (χ1n) is 6.55. The highest BCUT2D eigenvalue weighted by atomic mass is 35.5. The topological polar surface area (TPSA) is 42.0 Å². The van der Waals surface area contributed by atoms with E-state index in [-0.39, 0.29) is 5.91 Å². The minimum Gasteiger partial charge on any atom is -0.343 e. The molecule has 2 rings (SSSR count). The molecule has 1 heterocycles. The lowest BCUT2D eigenvalue weighted by Crippen LogP contribution is -2.43. The number of aromatic nitrogens is 1. The average Bonchev–Trinajstić information content (AvgIpc) is 2.48. The Bertz CT molecular complexity index is 583. The van der Waals surface area contributed by atoms with Crippen molar-refractivity contribution in [3.8, 4) is 0 Å². The van der Waals surface area contributed by atoms with Crippen LogP contribution in [0.1, 0.15) is 36.2 Å². The van der Waals surface area contributed by atoms with Crippen LogP contribution in [0.3, 0.4) is 0 Å². The standard InChI is InChI=1S/C16H17ClN2O/c1-3-16(2,13-7-5-4-6-8-13)19-15(20)12-9-10-14(17)18-11-12/h4-11H,3H2,1-2H3,(H,19,20). The quantitative estimate of drug-likeness (QED) is 0.870. The summed E-state index contributed by atoms with van der Waals surface area (Å²) in [5, 5.41) is 3.45. The summed E-state index contributed by atoms with van der Waals surface area (Å²) in [7, 11) is 0. The number of nitrogens with zero attached hydrogens (tertiary/aromatic N) is 1. The number of pyridine rings is 1. The third-order valence-corrected chi connectivity index (χ3v) is 3.72. The van der Waals surface area contributed by atoms with Gasteiger partial charge in [0.2, 0.25) is 0 Å². The van der Waals surface area contributed by atoms with E-state index in [0.29, 0.717) is 10.7 Å². The van der Waals surface area contributed by atoms with Gasteiger partial charge in [-0.05, 0) is 31.0 Å². The predicted octanol–water partition coefficient (Wildman–Crippen LogP) is 3.79. The predicted molar refractivity (Wildman–Crippen MR) is 80.8 cm³/mol. The van der Waals surface area contributed by atoms with Crippen LogP contribution in [0.2, 0.25) is 5.15 Å². The van der Waals surface area contributed by atoms with E-state index in [0.717, 1.165) is 12.0 Å². The van der Waals surface area contributed by atoms with Crippen molar-refractivity contribution >= 4 is 17.5 Å². The Labute approximate surface area is 124 Å². The molecule has 0 bridgehead atoms. The number of amides is 1. The van der Waals surface area contributed by atoms with Gasteiger partial charge in [0.1, 0.15) is 5.15 Å². The fourth-order valence-electron chi connectivity index (χ4n) is 2.00. The number of carbonyl (C=O) groups excluding carboxylic acids is 1. The Hall–Kier alpha value is -1.87. The van der Waals surface area contributed by atoms with E-state index in [1.54, 1.807) is 12.1 Å². The molecule has 1 N–H and O–H groups in total. The molecular formula is C16H17ClN2O. The van der Waals surface area contributed by atoms with Crippen molar-refractivity contribution in [2.24, 2.45) is 0 Å². The summed E-state index contributed by atoms with van der Waals surface area (Å²) >= 11 is 5.73. The van der Waals surface area contributed by atoms with Gasteiger partial charge in [-0.1, -0.05) is 48.9 Å². The van der Waals surface area contributed by atoms with Gasteiger partial charge in [0.15, 0.2) is 0 Å².